The second-order valence-electron chi connectivity index (χ2n) is 7.24. The summed E-state index contributed by atoms with van der Waals surface area (Å²) in [4.78, 5) is 21.2. The number of aromatic nitrogens is 2. The van der Waals surface area contributed by atoms with E-state index in [-0.39, 0.29) is 0 Å². The van der Waals surface area contributed by atoms with Gasteiger partial charge in [0.2, 0.25) is 6.41 Å². The van der Waals surface area contributed by atoms with Crippen LogP contribution in [0.3, 0.4) is 0 Å². The van der Waals surface area contributed by atoms with E-state index < -0.39 is 0 Å². The third-order valence-corrected chi connectivity index (χ3v) is 5.81. The molecule has 4 aromatic rings. The Kier molecular flexibility index (Phi) is 6.43. The maximum atomic E-state index is 10.9. The molecule has 0 bridgehead atoms. The van der Waals surface area contributed by atoms with E-state index in [1.807, 2.05) is 18.2 Å². The maximum absolute atomic E-state index is 10.9. The molecule has 0 aliphatic rings. The first-order valence-electron chi connectivity index (χ1n) is 10.2. The molecule has 2 aromatic heterocycles. The highest BCUT2D eigenvalue weighted by molar-refractivity contribution is 7.22. The molecule has 2 aromatic carbocycles. The van der Waals surface area contributed by atoms with Gasteiger partial charge < -0.3 is 15.0 Å². The quantitative estimate of drug-likeness (QED) is 0.321. The van der Waals surface area contributed by atoms with Crippen LogP contribution in [0.5, 0.6) is 11.5 Å². The first-order chi connectivity index (χ1) is 15.1. The molecular formula is C24H24N4O2S. The van der Waals surface area contributed by atoms with Crippen LogP contribution in [0.15, 0.2) is 60.8 Å². The molecule has 1 amide bonds. The van der Waals surface area contributed by atoms with Crippen LogP contribution >= 0.6 is 11.3 Å². The van der Waals surface area contributed by atoms with E-state index in [9.17, 15) is 4.79 Å². The number of carbonyl (C=O) groups is 1. The molecule has 2 heterocycles. The van der Waals surface area contributed by atoms with E-state index in [0.717, 1.165) is 27.5 Å². The highest BCUT2D eigenvalue weighted by Gasteiger charge is 2.08. The summed E-state index contributed by atoms with van der Waals surface area (Å²) < 4.78 is 7.03. The zero-order valence-corrected chi connectivity index (χ0v) is 18.4. The number of rotatable bonds is 9. The average molecular weight is 433 g/mol. The van der Waals surface area contributed by atoms with Gasteiger partial charge in [0, 0.05) is 31.1 Å². The van der Waals surface area contributed by atoms with E-state index in [4.69, 9.17) is 9.72 Å². The Hall–Kier alpha value is -3.45. The topological polar surface area (TPSA) is 67.4 Å². The number of benzene rings is 2. The minimum atomic E-state index is 0.523. The number of amides is 1. The van der Waals surface area contributed by atoms with Crippen molar-refractivity contribution in [3.8, 4) is 11.5 Å². The van der Waals surface area contributed by atoms with Gasteiger partial charge in [0.1, 0.15) is 17.3 Å². The van der Waals surface area contributed by atoms with Crippen molar-refractivity contribution in [1.29, 1.82) is 0 Å². The van der Waals surface area contributed by atoms with Crippen LogP contribution in [0.25, 0.3) is 10.2 Å². The second-order valence-corrected chi connectivity index (χ2v) is 8.27. The van der Waals surface area contributed by atoms with E-state index in [2.05, 4.69) is 41.5 Å². The Morgan fingerprint density at radius 3 is 2.68 bits per heavy atom. The Labute approximate surface area is 185 Å². The molecule has 158 valence electrons. The number of unbranched alkanes of at least 4 members (excludes halogenated alkanes) is 1. The van der Waals surface area contributed by atoms with Crippen LogP contribution in [-0.4, -0.2) is 23.4 Å². The number of carbonyl (C=O) groups excluding carboxylic acids is 1. The smallest absolute Gasteiger partial charge is 0.215 e. The summed E-state index contributed by atoms with van der Waals surface area (Å²) in [7, 11) is 1.65. The molecule has 1 N–H and O–H groups in total. The van der Waals surface area contributed by atoms with Gasteiger partial charge in [0.15, 0.2) is 5.13 Å². The van der Waals surface area contributed by atoms with Crippen LogP contribution < -0.4 is 15.0 Å². The molecular weight excluding hydrogens is 408 g/mol. The summed E-state index contributed by atoms with van der Waals surface area (Å²) in [5, 5.41) is 4.23. The molecule has 0 atom stereocenters. The van der Waals surface area contributed by atoms with E-state index in [0.29, 0.717) is 23.7 Å². The van der Waals surface area contributed by atoms with E-state index in [1.54, 1.807) is 36.7 Å². The SMILES string of the molecule is CCCCc1ccc(Nc2nc3cc(Oc4ccnc(N(C)C=O)c4)ccc3s2)cc1. The van der Waals surface area contributed by atoms with Gasteiger partial charge in [-0.25, -0.2) is 9.97 Å². The fraction of sp³-hybridized carbons (Fsp3) is 0.208. The third kappa shape index (κ3) is 5.19. The highest BCUT2D eigenvalue weighted by Crippen LogP contribution is 2.32. The molecule has 7 heteroatoms. The lowest BCUT2D eigenvalue weighted by atomic mass is 10.1. The number of pyridine rings is 1. The van der Waals surface area contributed by atoms with Crippen molar-refractivity contribution >= 4 is 44.6 Å². The van der Waals surface area contributed by atoms with Crippen LogP contribution in [0, 0.1) is 0 Å². The molecule has 6 nitrogen and oxygen atoms in total. The molecule has 0 saturated heterocycles. The number of anilines is 3. The summed E-state index contributed by atoms with van der Waals surface area (Å²) in [6, 6.07) is 17.8. The van der Waals surface area contributed by atoms with Gasteiger partial charge >= 0.3 is 0 Å². The summed E-state index contributed by atoms with van der Waals surface area (Å²) >= 11 is 1.60. The molecule has 0 saturated carbocycles. The predicted octanol–water partition coefficient (Wildman–Crippen LogP) is 6.16. The number of nitrogens with one attached hydrogen (secondary N) is 1. The summed E-state index contributed by atoms with van der Waals surface area (Å²) in [5.74, 6) is 1.81. The van der Waals surface area contributed by atoms with Crippen molar-refractivity contribution < 1.29 is 9.53 Å². The highest BCUT2D eigenvalue weighted by atomic mass is 32.1. The average Bonchev–Trinajstić information content (AvgIpc) is 3.19. The summed E-state index contributed by atoms with van der Waals surface area (Å²) in [5.41, 5.74) is 3.25. The van der Waals surface area contributed by atoms with Crippen LogP contribution in [0.4, 0.5) is 16.6 Å². The number of aryl methyl sites for hydroxylation is 1. The van der Waals surface area contributed by atoms with Crippen molar-refractivity contribution in [3.63, 3.8) is 0 Å². The maximum Gasteiger partial charge on any atom is 0.215 e. The van der Waals surface area contributed by atoms with E-state index >= 15 is 0 Å². The normalized spacial score (nSPS) is 10.8. The van der Waals surface area contributed by atoms with Gasteiger partial charge in [0.05, 0.1) is 10.2 Å². The van der Waals surface area contributed by atoms with Crippen molar-refractivity contribution in [2.24, 2.45) is 0 Å². The molecule has 31 heavy (non-hydrogen) atoms. The number of fused-ring (bicyclic) bond motifs is 1. The molecule has 0 spiro atoms. The Morgan fingerprint density at radius 1 is 1.10 bits per heavy atom. The van der Waals surface area contributed by atoms with Crippen LogP contribution in [-0.2, 0) is 11.2 Å². The molecule has 0 aliphatic heterocycles. The second kappa shape index (κ2) is 9.57. The predicted molar refractivity (Wildman–Crippen MR) is 127 cm³/mol. The first kappa shape index (κ1) is 20.8. The number of hydrogen-bond acceptors (Lipinski definition) is 6. The number of ether oxygens (including phenoxy) is 1. The fourth-order valence-corrected chi connectivity index (χ4v) is 4.00. The van der Waals surface area contributed by atoms with Gasteiger partial charge in [-0.05, 0) is 48.7 Å². The first-order valence-corrected chi connectivity index (χ1v) is 11.0. The fourth-order valence-electron chi connectivity index (χ4n) is 3.13. The van der Waals surface area contributed by atoms with Crippen molar-refractivity contribution in [2.45, 2.75) is 26.2 Å². The Balaban J connectivity index is 1.47. The number of hydrogen-bond donors (Lipinski definition) is 1. The molecule has 0 aliphatic carbocycles. The standard InChI is InChI=1S/C24H24N4O2S/c1-3-4-5-17-6-8-18(9-7-17)26-24-27-21-14-19(10-11-22(21)31-24)30-20-12-13-25-23(15-20)28(2)16-29/h6-16H,3-5H2,1-2H3,(H,26,27). The Morgan fingerprint density at radius 2 is 1.90 bits per heavy atom. The largest absolute Gasteiger partial charge is 0.457 e. The number of nitrogens with zero attached hydrogens (tertiary/aromatic N) is 3. The molecule has 0 unspecified atom stereocenters. The van der Waals surface area contributed by atoms with Crippen molar-refractivity contribution in [3.05, 3.63) is 66.4 Å². The van der Waals surface area contributed by atoms with Gasteiger partial charge in [-0.15, -0.1) is 0 Å². The van der Waals surface area contributed by atoms with E-state index in [1.165, 1.54) is 23.3 Å². The Bertz CT molecular complexity index is 1170. The van der Waals surface area contributed by atoms with Crippen molar-refractivity contribution in [1.82, 2.24) is 9.97 Å². The number of thiazole rings is 1. The summed E-state index contributed by atoms with van der Waals surface area (Å²) in [6.07, 6.45) is 5.85. The molecule has 4 rings (SSSR count). The lowest BCUT2D eigenvalue weighted by Gasteiger charge is -2.11. The van der Waals surface area contributed by atoms with Gasteiger partial charge in [0.25, 0.3) is 0 Å². The summed E-state index contributed by atoms with van der Waals surface area (Å²) in [6.45, 7) is 2.21. The van der Waals surface area contributed by atoms with Crippen LogP contribution in [0.2, 0.25) is 0 Å². The lowest BCUT2D eigenvalue weighted by molar-refractivity contribution is -0.107. The monoisotopic (exact) mass is 432 g/mol. The van der Waals surface area contributed by atoms with Crippen LogP contribution in [0.1, 0.15) is 25.3 Å². The third-order valence-electron chi connectivity index (χ3n) is 4.86. The minimum Gasteiger partial charge on any atom is -0.457 e. The molecule has 0 fully saturated rings. The lowest BCUT2D eigenvalue weighted by Crippen LogP contribution is -2.14. The molecule has 0 radical (unpaired) electrons. The van der Waals surface area contributed by atoms with Gasteiger partial charge in [-0.2, -0.15) is 0 Å². The minimum absolute atomic E-state index is 0.523. The van der Waals surface area contributed by atoms with Gasteiger partial charge in [-0.1, -0.05) is 36.8 Å². The van der Waals surface area contributed by atoms with Crippen molar-refractivity contribution in [2.75, 3.05) is 17.3 Å². The van der Waals surface area contributed by atoms with Gasteiger partial charge in [-0.3, -0.25) is 4.79 Å². The zero-order valence-electron chi connectivity index (χ0n) is 17.5. The zero-order chi connectivity index (χ0) is 21.6.